The van der Waals surface area contributed by atoms with Crippen LogP contribution in [0, 0.1) is 0 Å². The Balaban J connectivity index is 1.98. The van der Waals surface area contributed by atoms with Crippen LogP contribution in [0.1, 0.15) is 41.7 Å². The van der Waals surface area contributed by atoms with E-state index in [4.69, 9.17) is 10.2 Å². The SMILES string of the molecule is Nc1nc2oc3cnc(C4=CCCCC4)cc3c(=O)c2cc1C(=O)O. The summed E-state index contributed by atoms with van der Waals surface area (Å²) in [6.45, 7) is 0. The second kappa shape index (κ2) is 5.70. The van der Waals surface area contributed by atoms with E-state index >= 15 is 0 Å². The predicted octanol–water partition coefficient (Wildman–Crippen LogP) is 2.97. The number of hydrogen-bond acceptors (Lipinski definition) is 6. The molecular formula is C18H15N3O4. The van der Waals surface area contributed by atoms with Crippen molar-refractivity contribution in [3.63, 3.8) is 0 Å². The number of nitrogens with two attached hydrogens (primary N) is 1. The van der Waals surface area contributed by atoms with Crippen molar-refractivity contribution in [2.75, 3.05) is 5.73 Å². The van der Waals surface area contributed by atoms with E-state index in [1.54, 1.807) is 6.07 Å². The van der Waals surface area contributed by atoms with Crippen LogP contribution in [-0.2, 0) is 0 Å². The second-order valence-electron chi connectivity index (χ2n) is 6.05. The molecular weight excluding hydrogens is 322 g/mol. The van der Waals surface area contributed by atoms with Crippen molar-refractivity contribution in [2.45, 2.75) is 25.7 Å². The van der Waals surface area contributed by atoms with Gasteiger partial charge in [0.1, 0.15) is 11.4 Å². The third-order valence-corrected chi connectivity index (χ3v) is 4.43. The van der Waals surface area contributed by atoms with Gasteiger partial charge in [-0.15, -0.1) is 0 Å². The number of fused-ring (bicyclic) bond motifs is 2. The first-order chi connectivity index (χ1) is 12.0. The minimum absolute atomic E-state index is 0.00596. The van der Waals surface area contributed by atoms with Gasteiger partial charge >= 0.3 is 5.97 Å². The number of anilines is 1. The van der Waals surface area contributed by atoms with Crippen LogP contribution in [0.5, 0.6) is 0 Å². The molecule has 25 heavy (non-hydrogen) atoms. The Bertz CT molecular complexity index is 1110. The zero-order valence-electron chi connectivity index (χ0n) is 13.3. The van der Waals surface area contributed by atoms with Gasteiger partial charge in [-0.05, 0) is 43.4 Å². The van der Waals surface area contributed by atoms with Crippen molar-refractivity contribution in [2.24, 2.45) is 0 Å². The molecule has 0 saturated carbocycles. The predicted molar refractivity (Wildman–Crippen MR) is 93.4 cm³/mol. The molecule has 126 valence electrons. The van der Waals surface area contributed by atoms with Crippen LogP contribution in [0.15, 0.2) is 33.6 Å². The molecule has 0 spiro atoms. The summed E-state index contributed by atoms with van der Waals surface area (Å²) in [7, 11) is 0. The largest absolute Gasteiger partial charge is 0.478 e. The second-order valence-corrected chi connectivity index (χ2v) is 6.05. The van der Waals surface area contributed by atoms with Gasteiger partial charge in [0.15, 0.2) is 5.58 Å². The van der Waals surface area contributed by atoms with Crippen molar-refractivity contribution < 1.29 is 14.3 Å². The Hall–Kier alpha value is -3.22. The number of aromatic nitrogens is 2. The number of allylic oxidation sites excluding steroid dienone is 2. The molecule has 3 heterocycles. The van der Waals surface area contributed by atoms with E-state index in [0.29, 0.717) is 11.0 Å². The summed E-state index contributed by atoms with van der Waals surface area (Å²) in [5, 5.41) is 9.62. The van der Waals surface area contributed by atoms with Crippen LogP contribution in [0.3, 0.4) is 0 Å². The Morgan fingerprint density at radius 3 is 2.80 bits per heavy atom. The maximum absolute atomic E-state index is 12.8. The van der Waals surface area contributed by atoms with E-state index in [0.717, 1.165) is 37.0 Å². The summed E-state index contributed by atoms with van der Waals surface area (Å²) in [4.78, 5) is 32.4. The van der Waals surface area contributed by atoms with E-state index < -0.39 is 5.97 Å². The maximum Gasteiger partial charge on any atom is 0.339 e. The van der Waals surface area contributed by atoms with Gasteiger partial charge in [-0.2, -0.15) is 4.98 Å². The Morgan fingerprint density at radius 1 is 1.24 bits per heavy atom. The van der Waals surface area contributed by atoms with E-state index in [1.165, 1.54) is 12.3 Å². The van der Waals surface area contributed by atoms with Gasteiger partial charge in [0.05, 0.1) is 22.7 Å². The van der Waals surface area contributed by atoms with E-state index in [-0.39, 0.29) is 27.9 Å². The maximum atomic E-state index is 12.8. The van der Waals surface area contributed by atoms with Crippen LogP contribution in [-0.4, -0.2) is 21.0 Å². The van der Waals surface area contributed by atoms with Crippen LogP contribution in [0.25, 0.3) is 27.6 Å². The molecule has 0 bridgehead atoms. The monoisotopic (exact) mass is 337 g/mol. The Labute approximate surface area is 141 Å². The smallest absolute Gasteiger partial charge is 0.339 e. The molecule has 0 aromatic carbocycles. The molecule has 1 aliphatic rings. The first-order valence-electron chi connectivity index (χ1n) is 8.00. The van der Waals surface area contributed by atoms with Crippen LogP contribution in [0.2, 0.25) is 0 Å². The lowest BCUT2D eigenvalue weighted by Crippen LogP contribution is -2.10. The zero-order chi connectivity index (χ0) is 17.6. The Morgan fingerprint density at radius 2 is 2.08 bits per heavy atom. The fraction of sp³-hybridized carbons (Fsp3) is 0.222. The van der Waals surface area contributed by atoms with Gasteiger partial charge in [0.2, 0.25) is 11.1 Å². The van der Waals surface area contributed by atoms with Gasteiger partial charge in [-0.1, -0.05) is 6.08 Å². The van der Waals surface area contributed by atoms with E-state index in [9.17, 15) is 14.7 Å². The van der Waals surface area contributed by atoms with Crippen molar-refractivity contribution in [1.82, 2.24) is 9.97 Å². The van der Waals surface area contributed by atoms with E-state index in [1.807, 2.05) is 0 Å². The number of nitrogens with zero attached hydrogens (tertiary/aromatic N) is 2. The fourth-order valence-corrected chi connectivity index (χ4v) is 3.12. The van der Waals surface area contributed by atoms with Crippen molar-refractivity contribution >= 4 is 39.4 Å². The highest BCUT2D eigenvalue weighted by atomic mass is 16.4. The third kappa shape index (κ3) is 2.53. The lowest BCUT2D eigenvalue weighted by Gasteiger charge is -2.12. The summed E-state index contributed by atoms with van der Waals surface area (Å²) in [6, 6.07) is 2.92. The minimum atomic E-state index is -1.24. The summed E-state index contributed by atoms with van der Waals surface area (Å²) in [5.74, 6) is -1.44. The first kappa shape index (κ1) is 15.3. The van der Waals surface area contributed by atoms with Crippen LogP contribution in [0.4, 0.5) is 5.82 Å². The third-order valence-electron chi connectivity index (χ3n) is 4.43. The lowest BCUT2D eigenvalue weighted by molar-refractivity contribution is 0.0698. The number of carbonyl (C=O) groups is 1. The number of pyridine rings is 2. The summed E-state index contributed by atoms with van der Waals surface area (Å²) >= 11 is 0. The van der Waals surface area contributed by atoms with Gasteiger partial charge in [0, 0.05) is 0 Å². The highest BCUT2D eigenvalue weighted by Gasteiger charge is 2.17. The normalized spacial score (nSPS) is 14.6. The van der Waals surface area contributed by atoms with E-state index in [2.05, 4.69) is 16.0 Å². The molecule has 0 unspecified atom stereocenters. The molecule has 3 aromatic heterocycles. The molecule has 3 N–H and O–H groups in total. The number of rotatable bonds is 2. The molecule has 0 atom stereocenters. The zero-order valence-corrected chi connectivity index (χ0v) is 13.3. The highest BCUT2D eigenvalue weighted by Crippen LogP contribution is 2.27. The molecule has 3 aromatic rings. The van der Waals surface area contributed by atoms with Crippen LogP contribution >= 0.6 is 0 Å². The van der Waals surface area contributed by atoms with Crippen molar-refractivity contribution in [3.05, 3.63) is 45.9 Å². The molecule has 0 saturated heterocycles. The van der Waals surface area contributed by atoms with Crippen molar-refractivity contribution in [3.8, 4) is 0 Å². The van der Waals surface area contributed by atoms with Crippen molar-refractivity contribution in [1.29, 1.82) is 0 Å². The standard InChI is InChI=1S/C18H15N3O4/c19-16-12(18(23)24)6-11-15(22)10-7-13(9-4-2-1-3-5-9)20-8-14(10)25-17(11)21-16/h4,6-8H,1-3,5H2,(H2,19,21)(H,23,24). The topological polar surface area (TPSA) is 119 Å². The molecule has 0 radical (unpaired) electrons. The quantitative estimate of drug-likeness (QED) is 0.690. The number of carboxylic acids is 1. The molecule has 7 nitrogen and oxygen atoms in total. The fourth-order valence-electron chi connectivity index (χ4n) is 3.12. The summed E-state index contributed by atoms with van der Waals surface area (Å²) in [6.07, 6.45) is 7.85. The molecule has 0 aliphatic heterocycles. The molecule has 4 rings (SSSR count). The van der Waals surface area contributed by atoms with Crippen LogP contribution < -0.4 is 11.2 Å². The van der Waals surface area contributed by atoms with Gasteiger partial charge in [-0.3, -0.25) is 9.78 Å². The summed E-state index contributed by atoms with van der Waals surface area (Å²) < 4.78 is 5.62. The molecule has 7 heteroatoms. The summed E-state index contributed by atoms with van der Waals surface area (Å²) in [5.41, 5.74) is 7.24. The molecule has 0 amide bonds. The first-order valence-corrected chi connectivity index (χ1v) is 8.00. The average Bonchev–Trinajstić information content (AvgIpc) is 2.62. The lowest BCUT2D eigenvalue weighted by atomic mass is 9.96. The molecule has 0 fully saturated rings. The number of hydrogen-bond donors (Lipinski definition) is 2. The highest BCUT2D eigenvalue weighted by molar-refractivity contribution is 5.98. The molecule has 1 aliphatic carbocycles. The number of nitrogen functional groups attached to an aromatic ring is 1. The van der Waals surface area contributed by atoms with Gasteiger partial charge in [0.25, 0.3) is 0 Å². The van der Waals surface area contributed by atoms with Gasteiger partial charge in [-0.25, -0.2) is 4.79 Å². The average molecular weight is 337 g/mol. The minimum Gasteiger partial charge on any atom is -0.478 e. The van der Waals surface area contributed by atoms with Gasteiger partial charge < -0.3 is 15.3 Å². The Kier molecular flexibility index (Phi) is 3.49. The number of aromatic carboxylic acids is 1. The number of carboxylic acid groups (broad SMARTS) is 1.